The molecule has 0 amide bonds. The molecular formula is C10H17N5O2S. The topological polar surface area (TPSA) is 83.4 Å². The molecule has 2 rings (SSSR count). The van der Waals surface area contributed by atoms with Crippen LogP contribution in [0.3, 0.4) is 0 Å². The smallest absolute Gasteiger partial charge is 0.231 e. The number of aromatic nitrogens is 3. The fourth-order valence-corrected chi connectivity index (χ4v) is 2.13. The van der Waals surface area contributed by atoms with Gasteiger partial charge in [-0.25, -0.2) is 0 Å². The zero-order chi connectivity index (χ0) is 12.8. The second kappa shape index (κ2) is 6.72. The van der Waals surface area contributed by atoms with Crippen molar-refractivity contribution >= 4 is 23.7 Å². The van der Waals surface area contributed by atoms with Crippen LogP contribution in [0.25, 0.3) is 0 Å². The minimum atomic E-state index is 0.109. The van der Waals surface area contributed by atoms with Gasteiger partial charge in [-0.05, 0) is 0 Å². The Bertz CT molecular complexity index is 387. The van der Waals surface area contributed by atoms with Crippen molar-refractivity contribution in [2.75, 3.05) is 55.9 Å². The van der Waals surface area contributed by atoms with E-state index in [0.717, 1.165) is 13.1 Å². The van der Waals surface area contributed by atoms with Crippen LogP contribution in [-0.4, -0.2) is 65.8 Å². The summed E-state index contributed by atoms with van der Waals surface area (Å²) in [4.78, 5) is 15.1. The maximum absolute atomic E-state index is 8.84. The van der Waals surface area contributed by atoms with Gasteiger partial charge in [0, 0.05) is 25.9 Å². The molecule has 0 atom stereocenters. The number of morpholine rings is 1. The first-order chi connectivity index (χ1) is 8.83. The molecule has 1 aliphatic heterocycles. The van der Waals surface area contributed by atoms with Crippen molar-refractivity contribution in [3.63, 3.8) is 0 Å². The second-order valence-corrected chi connectivity index (χ2v) is 4.73. The van der Waals surface area contributed by atoms with Crippen molar-refractivity contribution in [1.29, 1.82) is 0 Å². The highest BCUT2D eigenvalue weighted by Crippen LogP contribution is 2.18. The summed E-state index contributed by atoms with van der Waals surface area (Å²) in [6.07, 6.45) is 0. The molecule has 8 heteroatoms. The summed E-state index contributed by atoms with van der Waals surface area (Å²) < 4.78 is 5.31. The number of rotatable bonds is 5. The highest BCUT2D eigenvalue weighted by molar-refractivity contribution is 7.99. The summed E-state index contributed by atoms with van der Waals surface area (Å²) >= 11 is 1.42. The van der Waals surface area contributed by atoms with Crippen molar-refractivity contribution in [1.82, 2.24) is 15.0 Å². The van der Waals surface area contributed by atoms with Gasteiger partial charge in [-0.15, -0.1) is 0 Å². The van der Waals surface area contributed by atoms with Crippen LogP contribution in [0.2, 0.25) is 0 Å². The van der Waals surface area contributed by atoms with Gasteiger partial charge < -0.3 is 20.1 Å². The van der Waals surface area contributed by atoms with Crippen LogP contribution in [0, 0.1) is 0 Å². The van der Waals surface area contributed by atoms with E-state index >= 15 is 0 Å². The molecule has 100 valence electrons. The van der Waals surface area contributed by atoms with Crippen LogP contribution in [-0.2, 0) is 4.74 Å². The van der Waals surface area contributed by atoms with Crippen LogP contribution >= 0.6 is 11.8 Å². The number of aliphatic hydroxyl groups is 1. The lowest BCUT2D eigenvalue weighted by atomic mass is 10.4. The van der Waals surface area contributed by atoms with E-state index < -0.39 is 0 Å². The highest BCUT2D eigenvalue weighted by Gasteiger charge is 2.16. The molecule has 0 unspecified atom stereocenters. The third-order valence-corrected chi connectivity index (χ3v) is 3.27. The standard InChI is InChI=1S/C10H17N5O2S/c1-11-8-12-9(15-2-5-17-6-3-15)14-10(13-8)18-7-4-16/h16H,2-7H2,1H3,(H,11,12,13,14). The number of aliphatic hydroxyl groups excluding tert-OH is 1. The van der Waals surface area contributed by atoms with E-state index in [-0.39, 0.29) is 6.61 Å². The predicted molar refractivity (Wildman–Crippen MR) is 70.2 cm³/mol. The molecule has 1 aromatic rings. The van der Waals surface area contributed by atoms with Crippen LogP contribution in [0.5, 0.6) is 0 Å². The molecule has 0 aromatic carbocycles. The number of thioether (sulfide) groups is 1. The van der Waals surface area contributed by atoms with Gasteiger partial charge in [0.1, 0.15) is 0 Å². The Morgan fingerprint density at radius 2 is 2.11 bits per heavy atom. The van der Waals surface area contributed by atoms with Gasteiger partial charge in [0.05, 0.1) is 19.8 Å². The van der Waals surface area contributed by atoms with E-state index in [0.29, 0.717) is 36.0 Å². The van der Waals surface area contributed by atoms with Crippen molar-refractivity contribution in [2.45, 2.75) is 5.16 Å². The van der Waals surface area contributed by atoms with Gasteiger partial charge in [0.2, 0.25) is 11.9 Å². The zero-order valence-corrected chi connectivity index (χ0v) is 11.1. The molecule has 1 aromatic heterocycles. The van der Waals surface area contributed by atoms with Crippen LogP contribution < -0.4 is 10.2 Å². The van der Waals surface area contributed by atoms with Crippen molar-refractivity contribution in [3.05, 3.63) is 0 Å². The predicted octanol–water partition coefficient (Wildman–Crippen LogP) is -0.166. The summed E-state index contributed by atoms with van der Waals surface area (Å²) in [6, 6.07) is 0. The van der Waals surface area contributed by atoms with Gasteiger partial charge in [-0.2, -0.15) is 15.0 Å². The van der Waals surface area contributed by atoms with Crippen LogP contribution in [0.1, 0.15) is 0 Å². The molecule has 1 fully saturated rings. The lowest BCUT2D eigenvalue weighted by Gasteiger charge is -2.26. The van der Waals surface area contributed by atoms with E-state index in [1.807, 2.05) is 0 Å². The molecule has 18 heavy (non-hydrogen) atoms. The fourth-order valence-electron chi connectivity index (χ4n) is 1.56. The number of nitrogens with one attached hydrogen (secondary N) is 1. The van der Waals surface area contributed by atoms with Gasteiger partial charge in [-0.3, -0.25) is 0 Å². The van der Waals surface area contributed by atoms with Gasteiger partial charge in [-0.1, -0.05) is 11.8 Å². The van der Waals surface area contributed by atoms with Crippen molar-refractivity contribution < 1.29 is 9.84 Å². The maximum Gasteiger partial charge on any atom is 0.231 e. The van der Waals surface area contributed by atoms with Crippen molar-refractivity contribution in [2.24, 2.45) is 0 Å². The molecule has 1 aliphatic rings. The summed E-state index contributed by atoms with van der Waals surface area (Å²) in [5, 5.41) is 12.4. The minimum Gasteiger partial charge on any atom is -0.396 e. The number of nitrogens with zero attached hydrogens (tertiary/aromatic N) is 4. The monoisotopic (exact) mass is 271 g/mol. The minimum absolute atomic E-state index is 0.109. The molecule has 0 saturated carbocycles. The third-order valence-electron chi connectivity index (χ3n) is 2.44. The molecule has 2 N–H and O–H groups in total. The SMILES string of the molecule is CNc1nc(SCCO)nc(N2CCOCC2)n1. The number of ether oxygens (including phenoxy) is 1. The third kappa shape index (κ3) is 3.44. The Morgan fingerprint density at radius 1 is 1.33 bits per heavy atom. The first-order valence-corrected chi connectivity index (χ1v) is 6.82. The van der Waals surface area contributed by atoms with E-state index in [1.54, 1.807) is 7.05 Å². The van der Waals surface area contributed by atoms with Gasteiger partial charge >= 0.3 is 0 Å². The van der Waals surface area contributed by atoms with E-state index in [4.69, 9.17) is 9.84 Å². The van der Waals surface area contributed by atoms with Gasteiger partial charge in [0.15, 0.2) is 5.16 Å². The summed E-state index contributed by atoms with van der Waals surface area (Å²) in [7, 11) is 1.78. The van der Waals surface area contributed by atoms with E-state index in [1.165, 1.54) is 11.8 Å². The second-order valence-electron chi connectivity index (χ2n) is 3.66. The van der Waals surface area contributed by atoms with Crippen LogP contribution in [0.4, 0.5) is 11.9 Å². The maximum atomic E-state index is 8.84. The van der Waals surface area contributed by atoms with E-state index in [2.05, 4.69) is 25.2 Å². The number of hydrogen-bond acceptors (Lipinski definition) is 8. The molecule has 0 bridgehead atoms. The highest BCUT2D eigenvalue weighted by atomic mass is 32.2. The van der Waals surface area contributed by atoms with E-state index in [9.17, 15) is 0 Å². The normalized spacial score (nSPS) is 15.8. The number of anilines is 2. The molecule has 2 heterocycles. The average molecular weight is 271 g/mol. The first kappa shape index (κ1) is 13.3. The first-order valence-electron chi connectivity index (χ1n) is 5.83. The zero-order valence-electron chi connectivity index (χ0n) is 10.3. The van der Waals surface area contributed by atoms with Crippen LogP contribution in [0.15, 0.2) is 5.16 Å². The molecule has 7 nitrogen and oxygen atoms in total. The molecule has 0 radical (unpaired) electrons. The Morgan fingerprint density at radius 3 is 2.78 bits per heavy atom. The average Bonchev–Trinajstić information content (AvgIpc) is 2.45. The summed E-state index contributed by atoms with van der Waals surface area (Å²) in [5.41, 5.74) is 0. The largest absolute Gasteiger partial charge is 0.396 e. The molecule has 0 spiro atoms. The Hall–Kier alpha value is -1.12. The summed E-state index contributed by atoms with van der Waals surface area (Å²) in [6.45, 7) is 3.08. The fraction of sp³-hybridized carbons (Fsp3) is 0.700. The summed E-state index contributed by atoms with van der Waals surface area (Å²) in [5.74, 6) is 1.79. The quantitative estimate of drug-likeness (QED) is 0.715. The Kier molecular flexibility index (Phi) is 4.97. The molecule has 0 aliphatic carbocycles. The lowest BCUT2D eigenvalue weighted by Crippen LogP contribution is -2.37. The van der Waals surface area contributed by atoms with Crippen molar-refractivity contribution in [3.8, 4) is 0 Å². The number of hydrogen-bond donors (Lipinski definition) is 2. The molecule has 1 saturated heterocycles. The van der Waals surface area contributed by atoms with Gasteiger partial charge in [0.25, 0.3) is 0 Å². The Labute approximate surface area is 110 Å². The molecular weight excluding hydrogens is 254 g/mol. The lowest BCUT2D eigenvalue weighted by molar-refractivity contribution is 0.122. The Balaban J connectivity index is 2.16.